The SMILES string of the molecule is CC(C)c1cc(N(C)CC2CCCN2C(=O)c2ccnn2C2CCCC2)ncn1. The molecule has 7 nitrogen and oxygen atoms in total. The molecule has 0 bridgehead atoms. The normalized spacial score (nSPS) is 20.0. The van der Waals surface area contributed by atoms with Gasteiger partial charge in [0.25, 0.3) is 5.91 Å². The molecule has 2 aromatic heterocycles. The van der Waals surface area contributed by atoms with E-state index in [-0.39, 0.29) is 11.9 Å². The fourth-order valence-corrected chi connectivity index (χ4v) is 4.66. The number of nitrogens with zero attached hydrogens (tertiary/aromatic N) is 6. The smallest absolute Gasteiger partial charge is 0.272 e. The Morgan fingerprint density at radius 3 is 2.76 bits per heavy atom. The molecule has 29 heavy (non-hydrogen) atoms. The number of hydrogen-bond acceptors (Lipinski definition) is 5. The first-order valence-corrected chi connectivity index (χ1v) is 10.9. The standard InChI is InChI=1S/C22H32N6O/c1-16(2)19-13-21(24-15-23-19)26(3)14-18-9-6-12-27(18)22(29)20-10-11-25-28(20)17-7-4-5-8-17/h10-11,13,15-18H,4-9,12,14H2,1-3H3. The summed E-state index contributed by atoms with van der Waals surface area (Å²) in [7, 11) is 2.05. The van der Waals surface area contributed by atoms with E-state index in [0.29, 0.717) is 12.0 Å². The largest absolute Gasteiger partial charge is 0.358 e. The number of aromatic nitrogens is 4. The van der Waals surface area contributed by atoms with Crippen LogP contribution in [0.1, 0.15) is 80.5 Å². The lowest BCUT2D eigenvalue weighted by molar-refractivity contribution is 0.0725. The predicted octanol–water partition coefficient (Wildman–Crippen LogP) is 3.65. The van der Waals surface area contributed by atoms with Crippen molar-refractivity contribution in [2.45, 2.75) is 70.4 Å². The van der Waals surface area contributed by atoms with Gasteiger partial charge in [0.05, 0.1) is 6.04 Å². The molecule has 1 amide bonds. The molecule has 1 unspecified atom stereocenters. The van der Waals surface area contributed by atoms with Crippen LogP contribution in [0.2, 0.25) is 0 Å². The molecular weight excluding hydrogens is 364 g/mol. The zero-order chi connectivity index (χ0) is 20.4. The lowest BCUT2D eigenvalue weighted by Crippen LogP contribution is -2.43. The van der Waals surface area contributed by atoms with Crippen LogP contribution in [0.4, 0.5) is 5.82 Å². The third-order valence-electron chi connectivity index (χ3n) is 6.34. The highest BCUT2D eigenvalue weighted by atomic mass is 16.2. The Hall–Kier alpha value is -2.44. The highest BCUT2D eigenvalue weighted by molar-refractivity contribution is 5.93. The summed E-state index contributed by atoms with van der Waals surface area (Å²) in [6.45, 7) is 5.86. The summed E-state index contributed by atoms with van der Waals surface area (Å²) < 4.78 is 1.98. The third-order valence-corrected chi connectivity index (χ3v) is 6.34. The van der Waals surface area contributed by atoms with Crippen LogP contribution in [0.15, 0.2) is 24.7 Å². The van der Waals surface area contributed by atoms with E-state index in [4.69, 9.17) is 0 Å². The van der Waals surface area contributed by atoms with Gasteiger partial charge in [0, 0.05) is 44.1 Å². The van der Waals surface area contributed by atoms with Gasteiger partial charge in [-0.2, -0.15) is 5.10 Å². The molecule has 7 heteroatoms. The van der Waals surface area contributed by atoms with Crippen molar-refractivity contribution >= 4 is 11.7 Å². The molecule has 3 heterocycles. The Kier molecular flexibility index (Phi) is 5.83. The third kappa shape index (κ3) is 4.14. The Bertz CT molecular complexity index is 841. The zero-order valence-corrected chi connectivity index (χ0v) is 17.8. The molecule has 0 aromatic carbocycles. The molecule has 0 radical (unpaired) electrons. The highest BCUT2D eigenvalue weighted by Crippen LogP contribution is 2.31. The first-order valence-electron chi connectivity index (χ1n) is 10.9. The Labute approximate surface area is 173 Å². The van der Waals surface area contributed by atoms with Gasteiger partial charge in [0.1, 0.15) is 17.8 Å². The van der Waals surface area contributed by atoms with Crippen LogP contribution >= 0.6 is 0 Å². The van der Waals surface area contributed by atoms with E-state index >= 15 is 0 Å². The molecule has 1 aliphatic heterocycles. The molecule has 1 aliphatic carbocycles. The Balaban J connectivity index is 1.47. The van der Waals surface area contributed by atoms with Gasteiger partial charge in [0.2, 0.25) is 0 Å². The molecular formula is C22H32N6O. The zero-order valence-electron chi connectivity index (χ0n) is 17.8. The van der Waals surface area contributed by atoms with Crippen LogP contribution in [-0.2, 0) is 0 Å². The second-order valence-electron chi connectivity index (χ2n) is 8.73. The van der Waals surface area contributed by atoms with Gasteiger partial charge < -0.3 is 9.80 Å². The van der Waals surface area contributed by atoms with Crippen molar-refractivity contribution in [2.75, 3.05) is 25.0 Å². The molecule has 2 aliphatic rings. The number of carbonyl (C=O) groups is 1. The molecule has 1 atom stereocenters. The van der Waals surface area contributed by atoms with Gasteiger partial charge in [-0.1, -0.05) is 26.7 Å². The summed E-state index contributed by atoms with van der Waals surface area (Å²) in [5.74, 6) is 1.40. The van der Waals surface area contributed by atoms with Crippen LogP contribution in [0.3, 0.4) is 0 Å². The summed E-state index contributed by atoms with van der Waals surface area (Å²) in [5, 5.41) is 4.49. The van der Waals surface area contributed by atoms with Crippen LogP contribution in [0, 0.1) is 0 Å². The number of anilines is 1. The highest BCUT2D eigenvalue weighted by Gasteiger charge is 2.33. The fraction of sp³-hybridized carbons (Fsp3) is 0.636. The summed E-state index contributed by atoms with van der Waals surface area (Å²) >= 11 is 0. The lowest BCUT2D eigenvalue weighted by atomic mass is 10.1. The molecule has 0 spiro atoms. The fourth-order valence-electron chi connectivity index (χ4n) is 4.66. The number of amides is 1. The maximum atomic E-state index is 13.4. The second-order valence-corrected chi connectivity index (χ2v) is 8.73. The van der Waals surface area contributed by atoms with Gasteiger partial charge in [-0.25, -0.2) is 9.97 Å². The molecule has 1 saturated heterocycles. The van der Waals surface area contributed by atoms with Crippen LogP contribution in [-0.4, -0.2) is 56.7 Å². The Morgan fingerprint density at radius 2 is 2.00 bits per heavy atom. The van der Waals surface area contributed by atoms with Crippen LogP contribution in [0.25, 0.3) is 0 Å². The maximum absolute atomic E-state index is 13.4. The average Bonchev–Trinajstić information content (AvgIpc) is 3.47. The first-order chi connectivity index (χ1) is 14.0. The molecule has 2 fully saturated rings. The number of likely N-dealkylation sites (tertiary alicyclic amines) is 1. The number of hydrogen-bond donors (Lipinski definition) is 0. The van der Waals surface area contributed by atoms with Crippen molar-refractivity contribution in [3.05, 3.63) is 36.0 Å². The summed E-state index contributed by atoms with van der Waals surface area (Å²) in [6.07, 6.45) is 10.2. The van der Waals surface area contributed by atoms with E-state index in [1.807, 2.05) is 15.6 Å². The maximum Gasteiger partial charge on any atom is 0.272 e. The lowest BCUT2D eigenvalue weighted by Gasteiger charge is -2.30. The average molecular weight is 397 g/mol. The van der Waals surface area contributed by atoms with Gasteiger partial charge in [0.15, 0.2) is 0 Å². The molecule has 1 saturated carbocycles. The summed E-state index contributed by atoms with van der Waals surface area (Å²) in [4.78, 5) is 26.4. The van der Waals surface area contributed by atoms with Gasteiger partial charge in [-0.05, 0) is 37.7 Å². The summed E-state index contributed by atoms with van der Waals surface area (Å²) in [6, 6.07) is 4.51. The van der Waals surface area contributed by atoms with Crippen LogP contribution in [0.5, 0.6) is 0 Å². The predicted molar refractivity (Wildman–Crippen MR) is 113 cm³/mol. The van der Waals surface area contributed by atoms with E-state index < -0.39 is 0 Å². The quantitative estimate of drug-likeness (QED) is 0.745. The monoisotopic (exact) mass is 396 g/mol. The van der Waals surface area contributed by atoms with Crippen molar-refractivity contribution in [3.8, 4) is 0 Å². The molecule has 4 rings (SSSR count). The minimum Gasteiger partial charge on any atom is -0.358 e. The first kappa shape index (κ1) is 19.9. The molecule has 0 N–H and O–H groups in total. The minimum absolute atomic E-state index is 0.121. The minimum atomic E-state index is 0.121. The van der Waals surface area contributed by atoms with E-state index in [0.717, 1.165) is 56.0 Å². The van der Waals surface area contributed by atoms with Gasteiger partial charge in [-0.3, -0.25) is 9.48 Å². The van der Waals surface area contributed by atoms with Crippen molar-refractivity contribution < 1.29 is 4.79 Å². The van der Waals surface area contributed by atoms with Crippen molar-refractivity contribution in [3.63, 3.8) is 0 Å². The number of carbonyl (C=O) groups excluding carboxylic acids is 1. The van der Waals surface area contributed by atoms with Gasteiger partial charge >= 0.3 is 0 Å². The van der Waals surface area contributed by atoms with E-state index in [9.17, 15) is 4.79 Å². The molecule has 2 aromatic rings. The second kappa shape index (κ2) is 8.51. The number of likely N-dealkylation sites (N-methyl/N-ethyl adjacent to an activating group) is 1. The van der Waals surface area contributed by atoms with Crippen molar-refractivity contribution in [1.29, 1.82) is 0 Å². The van der Waals surface area contributed by atoms with E-state index in [1.54, 1.807) is 12.5 Å². The van der Waals surface area contributed by atoms with Crippen molar-refractivity contribution in [1.82, 2.24) is 24.6 Å². The topological polar surface area (TPSA) is 67.2 Å². The number of rotatable bonds is 6. The summed E-state index contributed by atoms with van der Waals surface area (Å²) in [5.41, 5.74) is 1.79. The van der Waals surface area contributed by atoms with E-state index in [1.165, 1.54) is 12.8 Å². The van der Waals surface area contributed by atoms with Crippen molar-refractivity contribution in [2.24, 2.45) is 0 Å². The van der Waals surface area contributed by atoms with Crippen LogP contribution < -0.4 is 4.90 Å². The van der Waals surface area contributed by atoms with E-state index in [2.05, 4.69) is 46.9 Å². The Morgan fingerprint density at radius 1 is 1.21 bits per heavy atom. The molecule has 156 valence electrons. The van der Waals surface area contributed by atoms with Gasteiger partial charge in [-0.15, -0.1) is 0 Å².